The van der Waals surface area contributed by atoms with Crippen LogP contribution in [0.4, 0.5) is 5.69 Å². The molecule has 0 saturated carbocycles. The van der Waals surface area contributed by atoms with Crippen molar-refractivity contribution in [1.29, 1.82) is 0 Å². The zero-order valence-corrected chi connectivity index (χ0v) is 16.6. The van der Waals surface area contributed by atoms with Crippen LogP contribution in [0.1, 0.15) is 10.4 Å². The third-order valence-corrected chi connectivity index (χ3v) is 4.58. The summed E-state index contributed by atoms with van der Waals surface area (Å²) in [7, 11) is 3.16. The largest absolute Gasteiger partial charge is 0.497 e. The molecule has 150 valence electrons. The van der Waals surface area contributed by atoms with Crippen molar-refractivity contribution in [1.82, 2.24) is 14.8 Å². The highest BCUT2D eigenvalue weighted by atomic mass is 16.5. The molecule has 0 fully saturated rings. The molecular formula is C23H20N4O3. The number of benzene rings is 2. The molecule has 0 aliphatic carbocycles. The molecule has 0 bridgehead atoms. The smallest absolute Gasteiger partial charge is 0.259 e. The Morgan fingerprint density at radius 1 is 0.967 bits per heavy atom. The van der Waals surface area contributed by atoms with Crippen molar-refractivity contribution in [2.75, 3.05) is 19.5 Å². The van der Waals surface area contributed by atoms with Gasteiger partial charge in [-0.05, 0) is 36.4 Å². The van der Waals surface area contributed by atoms with E-state index in [2.05, 4.69) is 10.3 Å². The first-order valence-corrected chi connectivity index (χ1v) is 9.28. The van der Waals surface area contributed by atoms with Gasteiger partial charge in [0.25, 0.3) is 5.91 Å². The van der Waals surface area contributed by atoms with Gasteiger partial charge < -0.3 is 14.8 Å². The molecule has 0 aliphatic heterocycles. The van der Waals surface area contributed by atoms with E-state index in [-0.39, 0.29) is 5.91 Å². The number of carbonyl (C=O) groups is 1. The minimum absolute atomic E-state index is 0.281. The van der Waals surface area contributed by atoms with Crippen molar-refractivity contribution < 1.29 is 14.3 Å². The van der Waals surface area contributed by atoms with Crippen molar-refractivity contribution in [2.45, 2.75) is 0 Å². The van der Waals surface area contributed by atoms with Crippen LogP contribution in [0.3, 0.4) is 0 Å². The maximum atomic E-state index is 13.1. The van der Waals surface area contributed by atoms with E-state index in [0.717, 1.165) is 5.69 Å². The Labute approximate surface area is 173 Å². The Morgan fingerprint density at radius 3 is 2.43 bits per heavy atom. The molecule has 2 aromatic heterocycles. The van der Waals surface area contributed by atoms with Crippen molar-refractivity contribution in [3.63, 3.8) is 0 Å². The second kappa shape index (κ2) is 8.48. The van der Waals surface area contributed by atoms with Gasteiger partial charge >= 0.3 is 0 Å². The van der Waals surface area contributed by atoms with Crippen molar-refractivity contribution in [3.8, 4) is 28.4 Å². The van der Waals surface area contributed by atoms with Gasteiger partial charge in [-0.3, -0.25) is 9.78 Å². The summed E-state index contributed by atoms with van der Waals surface area (Å²) < 4.78 is 12.5. The molecule has 2 aromatic carbocycles. The lowest BCUT2D eigenvalue weighted by molar-refractivity contribution is 0.102. The number of anilines is 1. The Balaban J connectivity index is 1.82. The van der Waals surface area contributed by atoms with E-state index in [1.807, 2.05) is 42.5 Å². The standard InChI is InChI=1S/C23H20N4O3/c1-29-18-8-9-19(21(14-18)30-2)22-20(23(28)25-16-10-12-24-13-11-16)15-27(26-22)17-6-4-3-5-7-17/h3-15H,1-2H3,(H,24,25,28). The van der Waals surface area contributed by atoms with Crippen LogP contribution in [0.5, 0.6) is 11.5 Å². The lowest BCUT2D eigenvalue weighted by Gasteiger charge is -2.10. The van der Waals surface area contributed by atoms with Crippen molar-refractivity contribution in [3.05, 3.63) is 84.8 Å². The van der Waals surface area contributed by atoms with E-state index >= 15 is 0 Å². The molecular weight excluding hydrogens is 380 g/mol. The normalized spacial score (nSPS) is 10.5. The Hall–Kier alpha value is -4.13. The van der Waals surface area contributed by atoms with E-state index in [9.17, 15) is 4.79 Å². The van der Waals surface area contributed by atoms with Gasteiger partial charge in [0.15, 0.2) is 0 Å². The summed E-state index contributed by atoms with van der Waals surface area (Å²) in [6.45, 7) is 0. The van der Waals surface area contributed by atoms with Gasteiger partial charge in [-0.2, -0.15) is 5.10 Å². The van der Waals surface area contributed by atoms with Crippen LogP contribution in [0, 0.1) is 0 Å². The number of rotatable bonds is 6. The minimum atomic E-state index is -0.281. The predicted molar refractivity (Wildman–Crippen MR) is 114 cm³/mol. The SMILES string of the molecule is COc1ccc(-c2nn(-c3ccccc3)cc2C(=O)Nc2ccncc2)c(OC)c1. The Kier molecular flexibility index (Phi) is 5.43. The number of nitrogens with one attached hydrogen (secondary N) is 1. The van der Waals surface area contributed by atoms with E-state index in [1.165, 1.54) is 0 Å². The molecule has 2 heterocycles. The number of pyridine rings is 1. The number of carbonyl (C=O) groups excluding carboxylic acids is 1. The average Bonchev–Trinajstić information content (AvgIpc) is 3.25. The highest BCUT2D eigenvalue weighted by Gasteiger charge is 2.22. The van der Waals surface area contributed by atoms with Gasteiger partial charge in [0, 0.05) is 35.9 Å². The molecule has 7 nitrogen and oxygen atoms in total. The maximum Gasteiger partial charge on any atom is 0.259 e. The van der Waals surface area contributed by atoms with Gasteiger partial charge in [0.1, 0.15) is 17.2 Å². The van der Waals surface area contributed by atoms with Crippen LogP contribution < -0.4 is 14.8 Å². The van der Waals surface area contributed by atoms with Gasteiger partial charge in [0.05, 0.1) is 25.5 Å². The number of hydrogen-bond donors (Lipinski definition) is 1. The third kappa shape index (κ3) is 3.86. The summed E-state index contributed by atoms with van der Waals surface area (Å²) in [4.78, 5) is 17.1. The zero-order valence-electron chi connectivity index (χ0n) is 16.6. The average molecular weight is 400 g/mol. The van der Waals surface area contributed by atoms with E-state index in [4.69, 9.17) is 14.6 Å². The van der Waals surface area contributed by atoms with Gasteiger partial charge in [-0.25, -0.2) is 4.68 Å². The second-order valence-corrected chi connectivity index (χ2v) is 6.43. The second-order valence-electron chi connectivity index (χ2n) is 6.43. The third-order valence-electron chi connectivity index (χ3n) is 4.58. The quantitative estimate of drug-likeness (QED) is 0.525. The highest BCUT2D eigenvalue weighted by molar-refractivity contribution is 6.08. The van der Waals surface area contributed by atoms with E-state index in [0.29, 0.717) is 34.0 Å². The number of ether oxygens (including phenoxy) is 2. The number of hydrogen-bond acceptors (Lipinski definition) is 5. The Bertz CT molecular complexity index is 1160. The zero-order chi connectivity index (χ0) is 20.9. The number of aromatic nitrogens is 3. The van der Waals surface area contributed by atoms with Gasteiger partial charge in [-0.15, -0.1) is 0 Å². The molecule has 1 amide bonds. The van der Waals surface area contributed by atoms with Crippen LogP contribution in [-0.4, -0.2) is 34.9 Å². The molecule has 0 spiro atoms. The predicted octanol–water partition coefficient (Wildman–Crippen LogP) is 4.20. The maximum absolute atomic E-state index is 13.1. The number of amides is 1. The van der Waals surface area contributed by atoms with Crippen LogP contribution >= 0.6 is 0 Å². The summed E-state index contributed by atoms with van der Waals surface area (Å²) in [5.74, 6) is 0.933. The fourth-order valence-corrected chi connectivity index (χ4v) is 3.08. The first kappa shape index (κ1) is 19.2. The highest BCUT2D eigenvalue weighted by Crippen LogP contribution is 2.35. The summed E-state index contributed by atoms with van der Waals surface area (Å²) in [5.41, 5.74) is 3.10. The fourth-order valence-electron chi connectivity index (χ4n) is 3.08. The molecule has 0 radical (unpaired) electrons. The van der Waals surface area contributed by atoms with Gasteiger partial charge in [0.2, 0.25) is 0 Å². The lowest BCUT2D eigenvalue weighted by atomic mass is 10.1. The monoisotopic (exact) mass is 400 g/mol. The molecule has 4 rings (SSSR count). The summed E-state index contributed by atoms with van der Waals surface area (Å²) >= 11 is 0. The van der Waals surface area contributed by atoms with Gasteiger partial charge in [-0.1, -0.05) is 18.2 Å². The molecule has 0 aliphatic rings. The van der Waals surface area contributed by atoms with E-state index in [1.54, 1.807) is 55.7 Å². The molecule has 4 aromatic rings. The summed E-state index contributed by atoms with van der Waals surface area (Å²) in [5, 5.41) is 7.60. The summed E-state index contributed by atoms with van der Waals surface area (Å²) in [6, 6.07) is 18.5. The van der Waals surface area contributed by atoms with Crippen molar-refractivity contribution >= 4 is 11.6 Å². The first-order chi connectivity index (χ1) is 14.7. The lowest BCUT2D eigenvalue weighted by Crippen LogP contribution is -2.12. The first-order valence-electron chi connectivity index (χ1n) is 9.28. The topological polar surface area (TPSA) is 78.3 Å². The van der Waals surface area contributed by atoms with Crippen molar-refractivity contribution in [2.24, 2.45) is 0 Å². The van der Waals surface area contributed by atoms with Crippen LogP contribution in [0.15, 0.2) is 79.3 Å². The minimum Gasteiger partial charge on any atom is -0.497 e. The fraction of sp³-hybridized carbons (Fsp3) is 0.0870. The molecule has 7 heteroatoms. The molecule has 0 atom stereocenters. The molecule has 1 N–H and O–H groups in total. The van der Waals surface area contributed by atoms with E-state index < -0.39 is 0 Å². The number of nitrogens with zero attached hydrogens (tertiary/aromatic N) is 3. The molecule has 30 heavy (non-hydrogen) atoms. The van der Waals surface area contributed by atoms with Crippen LogP contribution in [0.25, 0.3) is 16.9 Å². The molecule has 0 unspecified atom stereocenters. The number of para-hydroxylation sites is 1. The van der Waals surface area contributed by atoms with Crippen LogP contribution in [-0.2, 0) is 0 Å². The number of methoxy groups -OCH3 is 2. The summed E-state index contributed by atoms with van der Waals surface area (Å²) in [6.07, 6.45) is 4.96. The Morgan fingerprint density at radius 2 is 1.73 bits per heavy atom. The molecule has 0 saturated heterocycles. The van der Waals surface area contributed by atoms with Crippen LogP contribution in [0.2, 0.25) is 0 Å².